The lowest BCUT2D eigenvalue weighted by molar-refractivity contribution is -0.170. The molecule has 0 radical (unpaired) electrons. The molecular weight excluding hydrogens is 361 g/mol. The van der Waals surface area contributed by atoms with Gasteiger partial charge in [-0.3, -0.25) is 4.79 Å². The number of benzene rings is 1. The summed E-state index contributed by atoms with van der Waals surface area (Å²) in [5.74, 6) is -0.277. The van der Waals surface area contributed by atoms with E-state index in [4.69, 9.17) is 9.47 Å². The summed E-state index contributed by atoms with van der Waals surface area (Å²) in [5.41, 5.74) is 0.918. The van der Waals surface area contributed by atoms with Crippen molar-refractivity contribution in [3.05, 3.63) is 47.5 Å². The molecule has 0 aliphatic carbocycles. The molecule has 28 heavy (non-hydrogen) atoms. The van der Waals surface area contributed by atoms with Crippen molar-refractivity contribution in [2.24, 2.45) is 5.92 Å². The molecule has 6 heteroatoms. The van der Waals surface area contributed by atoms with Crippen LogP contribution in [0.4, 0.5) is 4.39 Å². The number of allylic oxidation sites excluding steroid dienone is 1. The van der Waals surface area contributed by atoms with Crippen LogP contribution in [-0.4, -0.2) is 48.5 Å². The van der Waals surface area contributed by atoms with Gasteiger partial charge in [0.25, 0.3) is 5.91 Å². The third-order valence-electron chi connectivity index (χ3n) is 5.52. The fourth-order valence-electron chi connectivity index (χ4n) is 4.08. The zero-order valence-corrected chi connectivity index (χ0v) is 16.5. The maximum Gasteiger partial charge on any atom is 0.288 e. The highest BCUT2D eigenvalue weighted by molar-refractivity contribution is 5.91. The third kappa shape index (κ3) is 4.92. The van der Waals surface area contributed by atoms with Crippen molar-refractivity contribution in [2.45, 2.75) is 51.2 Å². The highest BCUT2D eigenvalue weighted by Crippen LogP contribution is 2.39. The van der Waals surface area contributed by atoms with E-state index in [1.54, 1.807) is 12.1 Å². The minimum Gasteiger partial charge on any atom is -0.459 e. The molecule has 0 saturated carbocycles. The second-order valence-electron chi connectivity index (χ2n) is 7.43. The summed E-state index contributed by atoms with van der Waals surface area (Å²) in [6, 6.07) is 6.37. The summed E-state index contributed by atoms with van der Waals surface area (Å²) in [4.78, 5) is 14.9. The van der Waals surface area contributed by atoms with Gasteiger partial charge >= 0.3 is 0 Å². The molecule has 2 aliphatic rings. The second-order valence-corrected chi connectivity index (χ2v) is 7.43. The zero-order chi connectivity index (χ0) is 19.9. The topological polar surface area (TPSA) is 59.0 Å². The number of halogens is 1. The van der Waals surface area contributed by atoms with Crippen molar-refractivity contribution in [3.8, 4) is 0 Å². The lowest BCUT2D eigenvalue weighted by atomic mass is 9.80. The van der Waals surface area contributed by atoms with Gasteiger partial charge in [-0.05, 0) is 62.8 Å². The van der Waals surface area contributed by atoms with Crippen LogP contribution in [0, 0.1) is 11.7 Å². The molecular formula is C22H30FNO4. The van der Waals surface area contributed by atoms with E-state index < -0.39 is 6.29 Å². The van der Waals surface area contributed by atoms with Crippen molar-refractivity contribution in [1.82, 2.24) is 4.90 Å². The van der Waals surface area contributed by atoms with Gasteiger partial charge in [-0.2, -0.15) is 0 Å². The van der Waals surface area contributed by atoms with Crippen molar-refractivity contribution < 1.29 is 23.8 Å². The van der Waals surface area contributed by atoms with Crippen LogP contribution in [0.25, 0.3) is 0 Å². The maximum atomic E-state index is 13.4. The molecule has 2 aliphatic heterocycles. The first-order chi connectivity index (χ1) is 13.6. The predicted molar refractivity (Wildman–Crippen MR) is 104 cm³/mol. The summed E-state index contributed by atoms with van der Waals surface area (Å²) >= 11 is 0. The Morgan fingerprint density at radius 2 is 1.96 bits per heavy atom. The lowest BCUT2D eigenvalue weighted by Gasteiger charge is -2.38. The minimum atomic E-state index is -0.569. The number of aliphatic hydroxyl groups excluding tert-OH is 1. The number of rotatable bonds is 7. The Bertz CT molecular complexity index is 670. The van der Waals surface area contributed by atoms with Crippen molar-refractivity contribution >= 4 is 5.91 Å². The van der Waals surface area contributed by atoms with E-state index in [2.05, 4.69) is 0 Å². The van der Waals surface area contributed by atoms with E-state index in [-0.39, 0.29) is 30.2 Å². The Morgan fingerprint density at radius 1 is 1.25 bits per heavy atom. The summed E-state index contributed by atoms with van der Waals surface area (Å²) in [5, 5.41) is 9.31. The van der Waals surface area contributed by atoms with Crippen LogP contribution in [0.2, 0.25) is 0 Å². The predicted octanol–water partition coefficient (Wildman–Crippen LogP) is 3.59. The number of hydrogen-bond donors (Lipinski definition) is 1. The van der Waals surface area contributed by atoms with Crippen LogP contribution in [0.15, 0.2) is 36.1 Å². The largest absolute Gasteiger partial charge is 0.459 e. The normalized spacial score (nSPS) is 25.2. The Hall–Kier alpha value is -1.92. The highest BCUT2D eigenvalue weighted by atomic mass is 19.1. The molecule has 1 aromatic carbocycles. The van der Waals surface area contributed by atoms with E-state index in [9.17, 15) is 14.3 Å². The smallest absolute Gasteiger partial charge is 0.288 e. The molecule has 1 fully saturated rings. The number of piperidine rings is 1. The highest BCUT2D eigenvalue weighted by Gasteiger charge is 2.38. The molecule has 0 spiro atoms. The minimum absolute atomic E-state index is 0.0598. The molecule has 2 heterocycles. The molecule has 1 amide bonds. The number of carbonyl (C=O) groups excluding carboxylic acids is 1. The summed E-state index contributed by atoms with van der Waals surface area (Å²) in [6.07, 6.45) is 5.75. The first-order valence-corrected chi connectivity index (χ1v) is 10.3. The Morgan fingerprint density at radius 3 is 2.61 bits per heavy atom. The molecule has 0 bridgehead atoms. The average Bonchev–Trinajstić information content (AvgIpc) is 2.73. The van der Waals surface area contributed by atoms with Crippen molar-refractivity contribution in [2.75, 3.05) is 26.3 Å². The van der Waals surface area contributed by atoms with Gasteiger partial charge in [0.2, 0.25) is 6.29 Å². The molecule has 0 unspecified atom stereocenters. The fourth-order valence-corrected chi connectivity index (χ4v) is 4.08. The van der Waals surface area contributed by atoms with Gasteiger partial charge in [0.1, 0.15) is 5.82 Å². The van der Waals surface area contributed by atoms with E-state index in [1.807, 2.05) is 17.9 Å². The number of aliphatic hydroxyl groups is 1. The SMILES string of the molecule is CCO[C@@H]1OC(C(=O)N2CCCCC2)=C[C@H](c2ccc(F)cc2)[C@@H]1CCCO. The standard InChI is InChI=1S/C22H30FNO4/c1-2-27-22-18(7-6-14-25)19(16-8-10-17(23)11-9-16)15-20(28-22)21(26)24-12-4-3-5-13-24/h8-11,15,18-19,22,25H,2-7,12-14H2,1H3/t18-,19+,22+/m0/s1. The third-order valence-corrected chi connectivity index (χ3v) is 5.52. The van der Waals surface area contributed by atoms with Crippen molar-refractivity contribution in [3.63, 3.8) is 0 Å². The number of ether oxygens (including phenoxy) is 2. The molecule has 1 N–H and O–H groups in total. The summed E-state index contributed by atoms with van der Waals surface area (Å²) < 4.78 is 25.3. The summed E-state index contributed by atoms with van der Waals surface area (Å²) in [7, 11) is 0. The Kier molecular flexibility index (Phi) is 7.45. The van der Waals surface area contributed by atoms with Gasteiger partial charge in [-0.25, -0.2) is 4.39 Å². The zero-order valence-electron chi connectivity index (χ0n) is 16.5. The molecule has 5 nitrogen and oxygen atoms in total. The first-order valence-electron chi connectivity index (χ1n) is 10.3. The monoisotopic (exact) mass is 391 g/mol. The van der Waals surface area contributed by atoms with Gasteiger partial charge in [-0.1, -0.05) is 12.1 Å². The van der Waals surface area contributed by atoms with Crippen LogP contribution in [0.1, 0.15) is 50.5 Å². The van der Waals surface area contributed by atoms with Crippen LogP contribution in [0.5, 0.6) is 0 Å². The van der Waals surface area contributed by atoms with Crippen molar-refractivity contribution in [1.29, 1.82) is 0 Å². The average molecular weight is 391 g/mol. The quantitative estimate of drug-likeness (QED) is 0.772. The first kappa shape index (κ1) is 20.8. The van der Waals surface area contributed by atoms with Gasteiger partial charge in [0.05, 0.1) is 0 Å². The van der Waals surface area contributed by atoms with Gasteiger partial charge in [0, 0.05) is 38.1 Å². The van der Waals surface area contributed by atoms with Crippen LogP contribution >= 0.6 is 0 Å². The van der Waals surface area contributed by atoms with Crippen LogP contribution in [0.3, 0.4) is 0 Å². The van der Waals surface area contributed by atoms with Gasteiger partial charge < -0.3 is 19.5 Å². The molecule has 154 valence electrons. The lowest BCUT2D eigenvalue weighted by Crippen LogP contribution is -2.42. The molecule has 0 aromatic heterocycles. The Labute approximate surface area is 166 Å². The van der Waals surface area contributed by atoms with E-state index in [1.165, 1.54) is 12.1 Å². The summed E-state index contributed by atoms with van der Waals surface area (Å²) in [6.45, 7) is 3.92. The second kappa shape index (κ2) is 10.0. The Balaban J connectivity index is 1.92. The number of carbonyl (C=O) groups is 1. The van der Waals surface area contributed by atoms with E-state index in [0.717, 1.165) is 37.9 Å². The van der Waals surface area contributed by atoms with Crippen LogP contribution < -0.4 is 0 Å². The molecule has 3 atom stereocenters. The van der Waals surface area contributed by atoms with Crippen LogP contribution in [-0.2, 0) is 14.3 Å². The fraction of sp³-hybridized carbons (Fsp3) is 0.591. The van der Waals surface area contributed by atoms with Gasteiger partial charge in [-0.15, -0.1) is 0 Å². The van der Waals surface area contributed by atoms with Gasteiger partial charge in [0.15, 0.2) is 5.76 Å². The molecule has 3 rings (SSSR count). The van der Waals surface area contributed by atoms with E-state index in [0.29, 0.717) is 25.2 Å². The number of amides is 1. The molecule has 1 aromatic rings. The number of likely N-dealkylation sites (tertiary alicyclic amines) is 1. The maximum absolute atomic E-state index is 13.4. The van der Waals surface area contributed by atoms with E-state index >= 15 is 0 Å². The number of nitrogens with zero attached hydrogens (tertiary/aromatic N) is 1. The molecule has 1 saturated heterocycles. The number of hydrogen-bond acceptors (Lipinski definition) is 4.